The average Bonchev–Trinajstić information content (AvgIpc) is 2.70. The zero-order chi connectivity index (χ0) is 14.4. The van der Waals surface area contributed by atoms with E-state index in [1.165, 1.54) is 0 Å². The second-order valence-corrected chi connectivity index (χ2v) is 5.31. The molecule has 0 radical (unpaired) electrons. The highest BCUT2D eigenvalue weighted by Gasteiger charge is 2.19. The van der Waals surface area contributed by atoms with Crippen LogP contribution in [0.4, 0.5) is 5.69 Å². The molecule has 1 aromatic heterocycles. The molecule has 1 fully saturated rings. The maximum Gasteiger partial charge on any atom is 0.272 e. The third kappa shape index (κ3) is 3.93. The Morgan fingerprint density at radius 2 is 2.15 bits per heavy atom. The molecule has 2 rings (SSSR count). The lowest BCUT2D eigenvalue weighted by Gasteiger charge is -2.20. The van der Waals surface area contributed by atoms with Crippen LogP contribution in [-0.4, -0.2) is 60.5 Å². The molecule has 5 nitrogen and oxygen atoms in total. The summed E-state index contributed by atoms with van der Waals surface area (Å²) in [4.78, 5) is 20.9. The Kier molecular flexibility index (Phi) is 5.35. The van der Waals surface area contributed by atoms with Gasteiger partial charge in [0.25, 0.3) is 5.91 Å². The van der Waals surface area contributed by atoms with Crippen molar-refractivity contribution >= 4 is 11.6 Å². The Balaban J connectivity index is 1.97. The van der Waals surface area contributed by atoms with Gasteiger partial charge in [-0.05, 0) is 38.6 Å². The first-order valence-corrected chi connectivity index (χ1v) is 7.38. The highest BCUT2D eigenvalue weighted by atomic mass is 16.2. The molecular weight excluding hydrogens is 252 g/mol. The zero-order valence-corrected chi connectivity index (χ0v) is 12.4. The highest BCUT2D eigenvalue weighted by Crippen LogP contribution is 2.10. The number of likely N-dealkylation sites (N-methyl/N-ethyl adjacent to an activating group) is 1. The molecule has 1 amide bonds. The highest BCUT2D eigenvalue weighted by molar-refractivity contribution is 5.92. The molecule has 110 valence electrons. The van der Waals surface area contributed by atoms with Crippen LogP contribution in [-0.2, 0) is 0 Å². The van der Waals surface area contributed by atoms with Gasteiger partial charge in [0.2, 0.25) is 0 Å². The average molecular weight is 276 g/mol. The molecule has 20 heavy (non-hydrogen) atoms. The fourth-order valence-corrected chi connectivity index (χ4v) is 2.31. The van der Waals surface area contributed by atoms with Crippen molar-refractivity contribution in [2.24, 2.45) is 0 Å². The SMILES string of the molecule is CCCNc1ccc(C(=O)N2CCCN(C)CC2)nc1. The van der Waals surface area contributed by atoms with Crippen molar-refractivity contribution < 1.29 is 4.79 Å². The molecule has 2 heterocycles. The number of carbonyl (C=O) groups is 1. The van der Waals surface area contributed by atoms with Gasteiger partial charge < -0.3 is 15.1 Å². The Hall–Kier alpha value is -1.62. The molecular formula is C15H24N4O. The normalized spacial score (nSPS) is 16.8. The van der Waals surface area contributed by atoms with E-state index in [-0.39, 0.29) is 5.91 Å². The third-order valence-corrected chi connectivity index (χ3v) is 3.57. The van der Waals surface area contributed by atoms with E-state index in [0.29, 0.717) is 5.69 Å². The number of nitrogens with zero attached hydrogens (tertiary/aromatic N) is 3. The first kappa shape index (κ1) is 14.8. The Morgan fingerprint density at radius 3 is 2.85 bits per heavy atom. The van der Waals surface area contributed by atoms with E-state index in [1.54, 1.807) is 6.20 Å². The molecule has 0 aliphatic carbocycles. The molecule has 0 unspecified atom stereocenters. The number of hydrogen-bond donors (Lipinski definition) is 1. The van der Waals surface area contributed by atoms with Crippen molar-refractivity contribution in [3.8, 4) is 0 Å². The van der Waals surface area contributed by atoms with Gasteiger partial charge in [0.15, 0.2) is 0 Å². The van der Waals surface area contributed by atoms with Gasteiger partial charge in [-0.15, -0.1) is 0 Å². The summed E-state index contributed by atoms with van der Waals surface area (Å²) in [5.74, 6) is 0.0438. The van der Waals surface area contributed by atoms with Crippen LogP contribution in [0, 0.1) is 0 Å². The predicted molar refractivity (Wildman–Crippen MR) is 81.0 cm³/mol. The Bertz CT molecular complexity index is 432. The molecule has 0 bridgehead atoms. The van der Waals surface area contributed by atoms with E-state index in [4.69, 9.17) is 0 Å². The van der Waals surface area contributed by atoms with Crippen molar-refractivity contribution in [2.45, 2.75) is 19.8 Å². The number of aromatic nitrogens is 1. The summed E-state index contributed by atoms with van der Waals surface area (Å²) < 4.78 is 0. The number of carbonyl (C=O) groups excluding carboxylic acids is 1. The maximum atomic E-state index is 12.4. The van der Waals surface area contributed by atoms with E-state index in [1.807, 2.05) is 17.0 Å². The molecule has 1 aliphatic rings. The summed E-state index contributed by atoms with van der Waals surface area (Å²) in [7, 11) is 2.10. The molecule has 1 aromatic rings. The minimum Gasteiger partial charge on any atom is -0.384 e. The lowest BCUT2D eigenvalue weighted by Crippen LogP contribution is -2.34. The van der Waals surface area contributed by atoms with E-state index >= 15 is 0 Å². The predicted octanol–water partition coefficient (Wildman–Crippen LogP) is 1.68. The lowest BCUT2D eigenvalue weighted by molar-refractivity contribution is 0.0757. The molecule has 0 saturated carbocycles. The number of nitrogens with one attached hydrogen (secondary N) is 1. The molecule has 1 N–H and O–H groups in total. The number of anilines is 1. The van der Waals surface area contributed by atoms with Crippen LogP contribution in [0.3, 0.4) is 0 Å². The van der Waals surface area contributed by atoms with Crippen LogP contribution >= 0.6 is 0 Å². The smallest absolute Gasteiger partial charge is 0.272 e. The van der Waals surface area contributed by atoms with Gasteiger partial charge in [-0.2, -0.15) is 0 Å². The summed E-state index contributed by atoms with van der Waals surface area (Å²) in [6.07, 6.45) is 3.84. The minimum atomic E-state index is 0.0438. The van der Waals surface area contributed by atoms with Gasteiger partial charge in [0.1, 0.15) is 5.69 Å². The number of hydrogen-bond acceptors (Lipinski definition) is 4. The van der Waals surface area contributed by atoms with E-state index < -0.39 is 0 Å². The van der Waals surface area contributed by atoms with E-state index in [9.17, 15) is 4.79 Å². The number of amides is 1. The molecule has 0 atom stereocenters. The molecule has 0 aromatic carbocycles. The first-order valence-electron chi connectivity index (χ1n) is 7.38. The molecule has 1 saturated heterocycles. The zero-order valence-electron chi connectivity index (χ0n) is 12.4. The van der Waals surface area contributed by atoms with Crippen molar-refractivity contribution in [3.05, 3.63) is 24.0 Å². The fourth-order valence-electron chi connectivity index (χ4n) is 2.31. The van der Waals surface area contributed by atoms with E-state index in [2.05, 4.69) is 29.2 Å². The van der Waals surface area contributed by atoms with Gasteiger partial charge in [-0.1, -0.05) is 6.92 Å². The Labute approximate surface area is 121 Å². The van der Waals surface area contributed by atoms with Crippen LogP contribution < -0.4 is 5.32 Å². The van der Waals surface area contributed by atoms with E-state index in [0.717, 1.165) is 51.3 Å². The van der Waals surface area contributed by atoms with Crippen molar-refractivity contribution in [2.75, 3.05) is 45.1 Å². The quantitative estimate of drug-likeness (QED) is 0.909. The van der Waals surface area contributed by atoms with Crippen molar-refractivity contribution in [1.82, 2.24) is 14.8 Å². The fraction of sp³-hybridized carbons (Fsp3) is 0.600. The van der Waals surface area contributed by atoms with Gasteiger partial charge in [-0.3, -0.25) is 4.79 Å². The Morgan fingerprint density at radius 1 is 1.30 bits per heavy atom. The van der Waals surface area contributed by atoms with Crippen molar-refractivity contribution in [1.29, 1.82) is 0 Å². The van der Waals surface area contributed by atoms with Crippen LogP contribution in [0.1, 0.15) is 30.3 Å². The monoisotopic (exact) mass is 276 g/mol. The van der Waals surface area contributed by atoms with Gasteiger partial charge in [0, 0.05) is 26.2 Å². The summed E-state index contributed by atoms with van der Waals surface area (Å²) in [5, 5.41) is 3.26. The van der Waals surface area contributed by atoms with Gasteiger partial charge >= 0.3 is 0 Å². The minimum absolute atomic E-state index is 0.0438. The molecule has 0 spiro atoms. The molecule has 5 heteroatoms. The van der Waals surface area contributed by atoms with Gasteiger partial charge in [0.05, 0.1) is 11.9 Å². The standard InChI is InChI=1S/C15H24N4O/c1-3-7-16-13-5-6-14(17-12-13)15(20)19-9-4-8-18(2)10-11-19/h5-6,12,16H,3-4,7-11H2,1-2H3. The topological polar surface area (TPSA) is 48.5 Å². The summed E-state index contributed by atoms with van der Waals surface area (Å²) >= 11 is 0. The molecule has 1 aliphatic heterocycles. The van der Waals surface area contributed by atoms with Crippen LogP contribution in [0.5, 0.6) is 0 Å². The summed E-state index contributed by atoms with van der Waals surface area (Å²) in [6.45, 7) is 6.63. The van der Waals surface area contributed by atoms with Crippen LogP contribution in [0.25, 0.3) is 0 Å². The lowest BCUT2D eigenvalue weighted by atomic mass is 10.2. The van der Waals surface area contributed by atoms with Crippen LogP contribution in [0.15, 0.2) is 18.3 Å². The number of rotatable bonds is 4. The number of pyridine rings is 1. The van der Waals surface area contributed by atoms with Crippen LogP contribution in [0.2, 0.25) is 0 Å². The van der Waals surface area contributed by atoms with Gasteiger partial charge in [-0.25, -0.2) is 4.98 Å². The largest absolute Gasteiger partial charge is 0.384 e. The maximum absolute atomic E-state index is 12.4. The van der Waals surface area contributed by atoms with Crippen molar-refractivity contribution in [3.63, 3.8) is 0 Å². The summed E-state index contributed by atoms with van der Waals surface area (Å²) in [5.41, 5.74) is 1.51. The summed E-state index contributed by atoms with van der Waals surface area (Å²) in [6, 6.07) is 3.74. The third-order valence-electron chi connectivity index (χ3n) is 3.57. The first-order chi connectivity index (χ1) is 9.70. The second kappa shape index (κ2) is 7.24. The second-order valence-electron chi connectivity index (χ2n) is 5.31.